The normalized spacial score (nSPS) is 20.3. The Balaban J connectivity index is 2.60. The molecule has 11 heavy (non-hydrogen) atoms. The van der Waals surface area contributed by atoms with Crippen molar-refractivity contribution in [2.24, 2.45) is 5.41 Å². The number of sulfone groups is 1. The molecule has 0 aromatic heterocycles. The van der Waals surface area contributed by atoms with E-state index in [-0.39, 0.29) is 10.7 Å². The molecule has 0 aromatic carbocycles. The van der Waals surface area contributed by atoms with Gasteiger partial charge in [-0.25, -0.2) is 8.42 Å². The molecule has 0 heterocycles. The molecule has 0 aromatic rings. The minimum Gasteiger partial charge on any atom is -0.229 e. The Morgan fingerprint density at radius 1 is 1.27 bits per heavy atom. The molecular formula is C8H16O2S. The zero-order chi connectivity index (χ0) is 8.70. The molecule has 1 saturated carbocycles. The molecule has 1 aliphatic carbocycles. The first-order valence-corrected chi connectivity index (χ1v) is 5.74. The summed E-state index contributed by atoms with van der Waals surface area (Å²) in [6.07, 6.45) is 1.77. The predicted molar refractivity (Wildman–Crippen MR) is 46.3 cm³/mol. The van der Waals surface area contributed by atoms with E-state index in [1.54, 1.807) is 0 Å². The van der Waals surface area contributed by atoms with Gasteiger partial charge in [0.05, 0.1) is 11.0 Å². The van der Waals surface area contributed by atoms with Crippen molar-refractivity contribution in [1.82, 2.24) is 0 Å². The second-order valence-corrected chi connectivity index (χ2v) is 6.85. The monoisotopic (exact) mass is 176 g/mol. The summed E-state index contributed by atoms with van der Waals surface area (Å²) in [7, 11) is -2.74. The highest BCUT2D eigenvalue weighted by Crippen LogP contribution is 2.32. The van der Waals surface area contributed by atoms with Crippen molar-refractivity contribution >= 4 is 9.84 Å². The predicted octanol–water partition coefficient (Wildman–Crippen LogP) is 1.61. The molecule has 0 unspecified atom stereocenters. The van der Waals surface area contributed by atoms with Crippen LogP contribution in [0.3, 0.4) is 0 Å². The molecule has 2 nitrogen and oxygen atoms in total. The SMILES string of the molecule is CC(C)(C)CS(=O)(=O)C1CC1. The average molecular weight is 176 g/mol. The molecular weight excluding hydrogens is 160 g/mol. The lowest BCUT2D eigenvalue weighted by Gasteiger charge is -2.17. The van der Waals surface area contributed by atoms with E-state index in [0.29, 0.717) is 5.75 Å². The van der Waals surface area contributed by atoms with Gasteiger partial charge in [0, 0.05) is 0 Å². The molecule has 0 spiro atoms. The maximum atomic E-state index is 11.4. The van der Waals surface area contributed by atoms with Crippen LogP contribution in [0.4, 0.5) is 0 Å². The maximum Gasteiger partial charge on any atom is 0.153 e. The first-order chi connectivity index (χ1) is 4.81. The minimum atomic E-state index is -2.74. The standard InChI is InChI=1S/C8H16O2S/c1-8(2,3)6-11(9,10)7-4-5-7/h7H,4-6H2,1-3H3. The van der Waals surface area contributed by atoms with Crippen molar-refractivity contribution in [3.63, 3.8) is 0 Å². The van der Waals surface area contributed by atoms with Crippen LogP contribution >= 0.6 is 0 Å². The van der Waals surface area contributed by atoms with Gasteiger partial charge in [-0.05, 0) is 18.3 Å². The first-order valence-electron chi connectivity index (χ1n) is 4.03. The summed E-state index contributed by atoms with van der Waals surface area (Å²) in [4.78, 5) is 0. The second-order valence-electron chi connectivity index (χ2n) is 4.57. The van der Waals surface area contributed by atoms with E-state index in [2.05, 4.69) is 0 Å². The van der Waals surface area contributed by atoms with Crippen LogP contribution in [0.15, 0.2) is 0 Å². The molecule has 0 amide bonds. The van der Waals surface area contributed by atoms with Gasteiger partial charge in [-0.15, -0.1) is 0 Å². The molecule has 1 aliphatic rings. The lowest BCUT2D eigenvalue weighted by Crippen LogP contribution is -2.23. The molecule has 3 heteroatoms. The lowest BCUT2D eigenvalue weighted by atomic mass is 10.0. The third kappa shape index (κ3) is 2.81. The van der Waals surface area contributed by atoms with E-state index < -0.39 is 9.84 Å². The minimum absolute atomic E-state index is 0.00160. The Labute approximate surface area is 68.9 Å². The quantitative estimate of drug-likeness (QED) is 0.640. The van der Waals surface area contributed by atoms with Gasteiger partial charge in [0.2, 0.25) is 0 Å². The van der Waals surface area contributed by atoms with E-state index in [0.717, 1.165) is 12.8 Å². The molecule has 0 radical (unpaired) electrons. The Morgan fingerprint density at radius 3 is 2.00 bits per heavy atom. The highest BCUT2D eigenvalue weighted by molar-refractivity contribution is 7.92. The van der Waals surface area contributed by atoms with Crippen molar-refractivity contribution in [3.8, 4) is 0 Å². The zero-order valence-electron chi connectivity index (χ0n) is 7.42. The van der Waals surface area contributed by atoms with E-state index >= 15 is 0 Å². The van der Waals surface area contributed by atoms with E-state index in [4.69, 9.17) is 0 Å². The van der Waals surface area contributed by atoms with Crippen molar-refractivity contribution in [3.05, 3.63) is 0 Å². The Kier molecular flexibility index (Phi) is 2.03. The highest BCUT2D eigenvalue weighted by atomic mass is 32.2. The largest absolute Gasteiger partial charge is 0.229 e. The van der Waals surface area contributed by atoms with Crippen LogP contribution in [0.2, 0.25) is 0 Å². The van der Waals surface area contributed by atoms with Crippen LogP contribution < -0.4 is 0 Å². The number of hydrogen-bond donors (Lipinski definition) is 0. The summed E-state index contributed by atoms with van der Waals surface area (Å²) in [6, 6.07) is 0. The molecule has 0 aliphatic heterocycles. The summed E-state index contributed by atoms with van der Waals surface area (Å²) in [6.45, 7) is 5.90. The summed E-state index contributed by atoms with van der Waals surface area (Å²) >= 11 is 0. The van der Waals surface area contributed by atoms with Crippen molar-refractivity contribution < 1.29 is 8.42 Å². The van der Waals surface area contributed by atoms with E-state index in [1.165, 1.54) is 0 Å². The third-order valence-corrected chi connectivity index (χ3v) is 4.42. The van der Waals surface area contributed by atoms with Crippen LogP contribution in [-0.2, 0) is 9.84 Å². The van der Waals surface area contributed by atoms with Gasteiger partial charge < -0.3 is 0 Å². The fraction of sp³-hybridized carbons (Fsp3) is 1.00. The lowest BCUT2D eigenvalue weighted by molar-refractivity contribution is 0.461. The first kappa shape index (κ1) is 9.04. The van der Waals surface area contributed by atoms with Crippen molar-refractivity contribution in [2.45, 2.75) is 38.9 Å². The van der Waals surface area contributed by atoms with Crippen molar-refractivity contribution in [1.29, 1.82) is 0 Å². The molecule has 0 N–H and O–H groups in total. The van der Waals surface area contributed by atoms with Gasteiger partial charge in [0.1, 0.15) is 0 Å². The van der Waals surface area contributed by atoms with Gasteiger partial charge in [-0.1, -0.05) is 20.8 Å². The average Bonchev–Trinajstić information content (AvgIpc) is 2.30. The molecule has 0 bridgehead atoms. The Bertz CT molecular complexity index is 229. The molecule has 66 valence electrons. The third-order valence-electron chi connectivity index (χ3n) is 1.67. The topological polar surface area (TPSA) is 34.1 Å². The number of rotatable bonds is 2. The summed E-state index contributed by atoms with van der Waals surface area (Å²) in [5, 5.41) is 0.00160. The zero-order valence-corrected chi connectivity index (χ0v) is 8.24. The van der Waals surface area contributed by atoms with Gasteiger partial charge in [0.25, 0.3) is 0 Å². The van der Waals surface area contributed by atoms with Gasteiger partial charge in [-0.3, -0.25) is 0 Å². The van der Waals surface area contributed by atoms with Crippen molar-refractivity contribution in [2.75, 3.05) is 5.75 Å². The smallest absolute Gasteiger partial charge is 0.153 e. The molecule has 1 fully saturated rings. The van der Waals surface area contributed by atoms with Crippen LogP contribution in [0.25, 0.3) is 0 Å². The van der Waals surface area contributed by atoms with Gasteiger partial charge in [-0.2, -0.15) is 0 Å². The summed E-state index contributed by atoms with van der Waals surface area (Å²) < 4.78 is 22.8. The van der Waals surface area contributed by atoms with Gasteiger partial charge in [0.15, 0.2) is 9.84 Å². The maximum absolute atomic E-state index is 11.4. The fourth-order valence-corrected chi connectivity index (χ4v) is 3.45. The Hall–Kier alpha value is -0.0500. The number of hydrogen-bond acceptors (Lipinski definition) is 2. The Morgan fingerprint density at radius 2 is 1.73 bits per heavy atom. The fourth-order valence-electron chi connectivity index (χ4n) is 1.15. The summed E-state index contributed by atoms with van der Waals surface area (Å²) in [5.74, 6) is 0.338. The van der Waals surface area contributed by atoms with E-state index in [1.807, 2.05) is 20.8 Å². The second kappa shape index (κ2) is 2.47. The summed E-state index contributed by atoms with van der Waals surface area (Å²) in [5.41, 5.74) is -0.0819. The van der Waals surface area contributed by atoms with Gasteiger partial charge >= 0.3 is 0 Å². The highest BCUT2D eigenvalue weighted by Gasteiger charge is 2.37. The van der Waals surface area contributed by atoms with Crippen LogP contribution in [0, 0.1) is 5.41 Å². The van der Waals surface area contributed by atoms with E-state index in [9.17, 15) is 8.42 Å². The van der Waals surface area contributed by atoms with Crippen LogP contribution in [0.1, 0.15) is 33.6 Å². The molecule has 0 saturated heterocycles. The van der Waals surface area contributed by atoms with Crippen LogP contribution in [0.5, 0.6) is 0 Å². The van der Waals surface area contributed by atoms with Crippen LogP contribution in [-0.4, -0.2) is 19.4 Å². The molecule has 0 atom stereocenters. The molecule has 1 rings (SSSR count).